The number of carbonyl (C=O) groups excluding carboxylic acids is 3. The summed E-state index contributed by atoms with van der Waals surface area (Å²) >= 11 is 0. The number of anilines is 1. The van der Waals surface area contributed by atoms with Crippen LogP contribution in [0.5, 0.6) is 5.75 Å². The molecule has 3 aromatic rings. The van der Waals surface area contributed by atoms with Gasteiger partial charge in [-0.1, -0.05) is 12.1 Å². The van der Waals surface area contributed by atoms with Gasteiger partial charge in [0.1, 0.15) is 29.7 Å². The van der Waals surface area contributed by atoms with Gasteiger partial charge in [-0.2, -0.15) is 0 Å². The number of nitrogens with two attached hydrogens (primary N) is 3. The second-order valence-electron chi connectivity index (χ2n) is 8.29. The van der Waals surface area contributed by atoms with Crippen LogP contribution < -0.4 is 43.6 Å². The van der Waals surface area contributed by atoms with Gasteiger partial charge < -0.3 is 30.9 Å². The zero-order chi connectivity index (χ0) is 27.4. The number of aromatic nitrogens is 4. The molecule has 17 nitrogen and oxygen atoms in total. The molecule has 5 atom stereocenters. The van der Waals surface area contributed by atoms with Crippen LogP contribution in [0.1, 0.15) is 11.8 Å². The van der Waals surface area contributed by atoms with Crippen molar-refractivity contribution in [1.29, 1.82) is 0 Å². The van der Waals surface area contributed by atoms with E-state index in [-0.39, 0.29) is 23.4 Å². The first-order valence-corrected chi connectivity index (χ1v) is 11.2. The Balaban J connectivity index is 1.59. The number of methoxy groups -OCH3 is 1. The van der Waals surface area contributed by atoms with Crippen molar-refractivity contribution in [3.8, 4) is 5.75 Å². The first-order valence-electron chi connectivity index (χ1n) is 11.2. The molecule has 3 heterocycles. The number of hydrogen-bond donors (Lipinski definition) is 8. The average molecular weight is 530 g/mol. The Labute approximate surface area is 215 Å². The second kappa shape index (κ2) is 11.2. The highest BCUT2D eigenvalue weighted by Crippen LogP contribution is 2.32. The fraction of sp³-hybridized carbons (Fsp3) is 0.333. The lowest BCUT2D eigenvalue weighted by Crippen LogP contribution is -2.59. The molecule has 0 spiro atoms. The Morgan fingerprint density at radius 3 is 2.55 bits per heavy atom. The van der Waals surface area contributed by atoms with Crippen LogP contribution in [0.3, 0.4) is 0 Å². The van der Waals surface area contributed by atoms with Gasteiger partial charge in [0.25, 0.3) is 5.91 Å². The molecule has 1 aliphatic rings. The molecule has 17 heteroatoms. The molecule has 202 valence electrons. The van der Waals surface area contributed by atoms with Crippen LogP contribution in [0.15, 0.2) is 36.9 Å². The van der Waals surface area contributed by atoms with Crippen LogP contribution in [-0.4, -0.2) is 73.9 Å². The molecule has 0 saturated carbocycles. The number of hydrazine groups is 2. The Morgan fingerprint density at radius 2 is 1.89 bits per heavy atom. The summed E-state index contributed by atoms with van der Waals surface area (Å²) in [5.74, 6) is 9.67. The third-order valence-corrected chi connectivity index (χ3v) is 5.99. The van der Waals surface area contributed by atoms with Crippen LogP contribution in [0.4, 0.5) is 10.6 Å². The first-order chi connectivity index (χ1) is 18.3. The van der Waals surface area contributed by atoms with E-state index in [2.05, 4.69) is 25.6 Å². The summed E-state index contributed by atoms with van der Waals surface area (Å²) in [6.07, 6.45) is -1.52. The van der Waals surface area contributed by atoms with Gasteiger partial charge in [0, 0.05) is 6.42 Å². The number of benzene rings is 1. The Hall–Kier alpha value is -4.58. The van der Waals surface area contributed by atoms with Crippen LogP contribution >= 0.6 is 0 Å². The van der Waals surface area contributed by atoms with Crippen molar-refractivity contribution in [2.45, 2.75) is 36.9 Å². The number of carbonyl (C=O) groups is 3. The van der Waals surface area contributed by atoms with Gasteiger partial charge in [-0.15, -0.1) is 0 Å². The highest BCUT2D eigenvalue weighted by atomic mass is 16.5. The Kier molecular flexibility index (Phi) is 7.82. The van der Waals surface area contributed by atoms with Gasteiger partial charge in [-0.05, 0) is 17.7 Å². The summed E-state index contributed by atoms with van der Waals surface area (Å²) in [6, 6.07) is 3.56. The molecule has 1 aliphatic heterocycles. The Morgan fingerprint density at radius 1 is 1.16 bits per heavy atom. The molecule has 1 aromatic carbocycles. The highest BCUT2D eigenvalue weighted by Gasteiger charge is 2.49. The number of urea groups is 1. The minimum absolute atomic E-state index is 0.0481. The number of imidazole rings is 1. The number of hydrogen-bond acceptors (Lipinski definition) is 12. The fourth-order valence-corrected chi connectivity index (χ4v) is 4.10. The van der Waals surface area contributed by atoms with Crippen molar-refractivity contribution in [3.05, 3.63) is 42.5 Å². The van der Waals surface area contributed by atoms with Gasteiger partial charge in [-0.25, -0.2) is 31.4 Å². The first kappa shape index (κ1) is 26.5. The average Bonchev–Trinajstić information content (AvgIpc) is 3.50. The SMILES string of the molecule is COc1ccc(C[C@H](NC(=O)NN)C(=O)N[C@H]2[C@@H](O)[C@H](n3cnc4c(N)ncnc43)O[C@@H]2C(=O)NN)cc1. The van der Waals surface area contributed by atoms with E-state index in [4.69, 9.17) is 26.9 Å². The van der Waals surface area contributed by atoms with Crippen molar-refractivity contribution in [2.75, 3.05) is 12.8 Å². The lowest BCUT2D eigenvalue weighted by molar-refractivity contribution is -0.135. The summed E-state index contributed by atoms with van der Waals surface area (Å²) in [5, 5.41) is 16.2. The van der Waals surface area contributed by atoms with E-state index in [0.717, 1.165) is 0 Å². The molecule has 0 unspecified atom stereocenters. The zero-order valence-corrected chi connectivity index (χ0v) is 20.1. The number of aliphatic hydroxyl groups excluding tert-OH is 1. The maximum absolute atomic E-state index is 13.3. The van der Waals surface area contributed by atoms with Gasteiger partial charge in [0.15, 0.2) is 23.8 Å². The number of fused-ring (bicyclic) bond motifs is 1. The predicted octanol–water partition coefficient (Wildman–Crippen LogP) is -3.07. The van der Waals surface area contributed by atoms with E-state index in [1.165, 1.54) is 24.3 Å². The number of aliphatic hydroxyl groups is 1. The molecule has 0 radical (unpaired) electrons. The van der Waals surface area contributed by atoms with E-state index in [9.17, 15) is 19.5 Å². The van der Waals surface area contributed by atoms with Crippen molar-refractivity contribution in [1.82, 2.24) is 41.0 Å². The molecular formula is C21H27N11O6. The maximum atomic E-state index is 13.3. The van der Waals surface area contributed by atoms with Crippen LogP contribution in [0.2, 0.25) is 0 Å². The van der Waals surface area contributed by atoms with E-state index in [1.807, 2.05) is 10.9 Å². The lowest BCUT2D eigenvalue weighted by atomic mass is 10.0. The third-order valence-electron chi connectivity index (χ3n) is 5.99. The largest absolute Gasteiger partial charge is 0.497 e. The molecule has 2 aromatic heterocycles. The van der Waals surface area contributed by atoms with E-state index in [0.29, 0.717) is 11.3 Å². The lowest BCUT2D eigenvalue weighted by Gasteiger charge is -2.25. The van der Waals surface area contributed by atoms with E-state index >= 15 is 0 Å². The minimum atomic E-state index is -1.47. The number of rotatable bonds is 8. The molecule has 4 amide bonds. The highest BCUT2D eigenvalue weighted by molar-refractivity contribution is 5.89. The molecule has 1 fully saturated rings. The van der Waals surface area contributed by atoms with Gasteiger partial charge in [-0.3, -0.25) is 25.0 Å². The standard InChI is InChI=1S/C21H27N11O6/c1-37-10-4-2-9(3-5-10)6-11(28-21(36)31-24)18(34)29-12-14(33)20(38-15(12)19(35)30-23)32-8-27-13-16(22)25-7-26-17(13)32/h2-5,7-8,11-12,14-15,20,33H,6,23-24H2,1H3,(H,29,34)(H,30,35)(H2,22,25,26)(H2,28,31,36)/t11-,12-,14+,15-,20+/m0/s1. The molecule has 1 saturated heterocycles. The minimum Gasteiger partial charge on any atom is -0.497 e. The van der Waals surface area contributed by atoms with Crippen LogP contribution in [-0.2, 0) is 20.7 Å². The van der Waals surface area contributed by atoms with Crippen LogP contribution in [0, 0.1) is 0 Å². The molecule has 4 rings (SSSR count). The second-order valence-corrected chi connectivity index (χ2v) is 8.29. The summed E-state index contributed by atoms with van der Waals surface area (Å²) in [6.45, 7) is 0. The zero-order valence-electron chi connectivity index (χ0n) is 20.1. The van der Waals surface area contributed by atoms with E-state index < -0.39 is 48.4 Å². The summed E-state index contributed by atoms with van der Waals surface area (Å²) in [4.78, 5) is 49.9. The number of ether oxygens (including phenoxy) is 2. The van der Waals surface area contributed by atoms with E-state index in [1.54, 1.807) is 24.3 Å². The van der Waals surface area contributed by atoms with Gasteiger partial charge in [0.05, 0.1) is 19.5 Å². The molecule has 0 aliphatic carbocycles. The van der Waals surface area contributed by atoms with Crippen molar-refractivity contribution in [3.63, 3.8) is 0 Å². The summed E-state index contributed by atoms with van der Waals surface area (Å²) in [5.41, 5.74) is 10.9. The Bertz CT molecular complexity index is 1320. The molecule has 11 N–H and O–H groups in total. The predicted molar refractivity (Wildman–Crippen MR) is 130 cm³/mol. The van der Waals surface area contributed by atoms with Gasteiger partial charge >= 0.3 is 6.03 Å². The van der Waals surface area contributed by atoms with Crippen LogP contribution in [0.25, 0.3) is 11.2 Å². The molecular weight excluding hydrogens is 502 g/mol. The normalized spacial score (nSPS) is 21.5. The van der Waals surface area contributed by atoms with Crippen molar-refractivity contribution < 1.29 is 29.0 Å². The van der Waals surface area contributed by atoms with Crippen molar-refractivity contribution in [2.24, 2.45) is 11.7 Å². The van der Waals surface area contributed by atoms with Crippen molar-refractivity contribution >= 4 is 34.8 Å². The molecule has 38 heavy (non-hydrogen) atoms. The number of nitrogen functional groups attached to an aromatic ring is 1. The number of nitrogens with one attached hydrogen (secondary N) is 4. The topological polar surface area (TPSA) is 260 Å². The monoisotopic (exact) mass is 529 g/mol. The number of amides is 4. The third kappa shape index (κ3) is 5.25. The maximum Gasteiger partial charge on any atom is 0.329 e. The number of nitrogens with zero attached hydrogens (tertiary/aromatic N) is 4. The quantitative estimate of drug-likeness (QED) is 0.0821. The summed E-state index contributed by atoms with van der Waals surface area (Å²) < 4.78 is 12.3. The summed E-state index contributed by atoms with van der Waals surface area (Å²) in [7, 11) is 1.52. The fourth-order valence-electron chi connectivity index (χ4n) is 4.10. The molecule has 0 bridgehead atoms. The smallest absolute Gasteiger partial charge is 0.329 e. The van der Waals surface area contributed by atoms with Gasteiger partial charge in [0.2, 0.25) is 5.91 Å².